The summed E-state index contributed by atoms with van der Waals surface area (Å²) in [6, 6.07) is 0.332. The van der Waals surface area contributed by atoms with Crippen molar-refractivity contribution in [3.05, 3.63) is 0 Å². The first kappa shape index (κ1) is 12.8. The molecule has 98 valence electrons. The van der Waals surface area contributed by atoms with Crippen LogP contribution in [0.15, 0.2) is 0 Å². The summed E-state index contributed by atoms with van der Waals surface area (Å²) >= 11 is 0. The summed E-state index contributed by atoms with van der Waals surface area (Å²) in [4.78, 5) is 11.5. The van der Waals surface area contributed by atoms with Gasteiger partial charge >= 0.3 is 5.97 Å². The lowest BCUT2D eigenvalue weighted by Gasteiger charge is -2.15. The third kappa shape index (κ3) is 5.04. The third-order valence-corrected chi connectivity index (χ3v) is 3.42. The van der Waals surface area contributed by atoms with E-state index in [0.717, 1.165) is 12.5 Å². The number of methoxy groups -OCH3 is 1. The summed E-state index contributed by atoms with van der Waals surface area (Å²) in [7, 11) is 1.44. The number of esters is 1. The molecule has 1 unspecified atom stereocenters. The monoisotopic (exact) mass is 241 g/mol. The van der Waals surface area contributed by atoms with E-state index in [1.54, 1.807) is 0 Å². The van der Waals surface area contributed by atoms with Gasteiger partial charge < -0.3 is 14.8 Å². The Hall–Kier alpha value is -0.610. The molecule has 0 radical (unpaired) electrons. The van der Waals surface area contributed by atoms with Gasteiger partial charge in [0.15, 0.2) is 0 Å². The molecule has 0 heterocycles. The standard InChI is InChI=1S/C13H23NO3/c1-16-13(15)12(14-11-4-5-11)7-9-17-8-6-10-2-3-10/h10-12,14H,2-9H2,1H3. The maximum Gasteiger partial charge on any atom is 0.322 e. The fraction of sp³-hybridized carbons (Fsp3) is 0.923. The molecule has 2 saturated carbocycles. The highest BCUT2D eigenvalue weighted by molar-refractivity contribution is 5.75. The molecule has 0 aliphatic heterocycles. The van der Waals surface area contributed by atoms with Gasteiger partial charge in [0.2, 0.25) is 0 Å². The zero-order chi connectivity index (χ0) is 12.1. The first-order valence-electron chi connectivity index (χ1n) is 6.71. The summed E-state index contributed by atoms with van der Waals surface area (Å²) in [6.45, 7) is 1.48. The van der Waals surface area contributed by atoms with Gasteiger partial charge in [0.05, 0.1) is 7.11 Å². The van der Waals surface area contributed by atoms with Crippen LogP contribution in [0.3, 0.4) is 0 Å². The summed E-state index contributed by atoms with van der Waals surface area (Å²) in [5.41, 5.74) is 0. The lowest BCUT2D eigenvalue weighted by atomic mass is 10.2. The van der Waals surface area contributed by atoms with Crippen molar-refractivity contribution in [3.63, 3.8) is 0 Å². The van der Waals surface area contributed by atoms with Gasteiger partial charge in [-0.05, 0) is 31.6 Å². The maximum absolute atomic E-state index is 11.5. The third-order valence-electron chi connectivity index (χ3n) is 3.42. The first-order valence-corrected chi connectivity index (χ1v) is 6.71. The first-order chi connectivity index (χ1) is 8.29. The Morgan fingerprint density at radius 1 is 1.29 bits per heavy atom. The Balaban J connectivity index is 1.56. The molecule has 2 aliphatic rings. The number of hydrogen-bond donors (Lipinski definition) is 1. The lowest BCUT2D eigenvalue weighted by molar-refractivity contribution is -0.143. The maximum atomic E-state index is 11.5. The van der Waals surface area contributed by atoms with Crippen LogP contribution >= 0.6 is 0 Å². The molecule has 2 fully saturated rings. The van der Waals surface area contributed by atoms with Gasteiger partial charge in [0.1, 0.15) is 6.04 Å². The average Bonchev–Trinajstić information content (AvgIpc) is 3.20. The van der Waals surface area contributed by atoms with Gasteiger partial charge in [-0.25, -0.2) is 0 Å². The highest BCUT2D eigenvalue weighted by Gasteiger charge is 2.28. The molecular weight excluding hydrogens is 218 g/mol. The number of rotatable bonds is 9. The van der Waals surface area contributed by atoms with Crippen LogP contribution in [-0.4, -0.2) is 38.4 Å². The van der Waals surface area contributed by atoms with Crippen molar-refractivity contribution < 1.29 is 14.3 Å². The van der Waals surface area contributed by atoms with E-state index in [1.807, 2.05) is 0 Å². The van der Waals surface area contributed by atoms with Crippen LogP contribution < -0.4 is 5.32 Å². The molecule has 17 heavy (non-hydrogen) atoms. The minimum Gasteiger partial charge on any atom is -0.468 e. The Morgan fingerprint density at radius 3 is 2.65 bits per heavy atom. The molecule has 4 nitrogen and oxygen atoms in total. The molecule has 2 rings (SSSR count). The Kier molecular flexibility index (Phi) is 4.80. The molecule has 1 N–H and O–H groups in total. The number of nitrogens with one attached hydrogen (secondary N) is 1. The largest absolute Gasteiger partial charge is 0.468 e. The van der Waals surface area contributed by atoms with Gasteiger partial charge in [-0.2, -0.15) is 0 Å². The Morgan fingerprint density at radius 2 is 2.06 bits per heavy atom. The van der Waals surface area contributed by atoms with Crippen molar-refractivity contribution in [2.45, 2.75) is 50.6 Å². The van der Waals surface area contributed by atoms with E-state index < -0.39 is 0 Å². The van der Waals surface area contributed by atoms with Crippen molar-refractivity contribution >= 4 is 5.97 Å². The molecule has 0 amide bonds. The fourth-order valence-corrected chi connectivity index (χ4v) is 1.91. The molecule has 4 heteroatoms. The van der Waals surface area contributed by atoms with E-state index in [-0.39, 0.29) is 12.0 Å². The highest BCUT2D eigenvalue weighted by atomic mass is 16.5. The van der Waals surface area contributed by atoms with Crippen molar-refractivity contribution in [3.8, 4) is 0 Å². The Labute approximate surface area is 103 Å². The number of ether oxygens (including phenoxy) is 2. The van der Waals surface area contributed by atoms with E-state index in [0.29, 0.717) is 19.1 Å². The van der Waals surface area contributed by atoms with Gasteiger partial charge in [-0.1, -0.05) is 12.8 Å². The molecule has 0 aromatic heterocycles. The minimum atomic E-state index is -0.187. The van der Waals surface area contributed by atoms with Crippen LogP contribution in [0.5, 0.6) is 0 Å². The molecule has 2 aliphatic carbocycles. The van der Waals surface area contributed by atoms with Crippen LogP contribution in [0.4, 0.5) is 0 Å². The minimum absolute atomic E-state index is 0.164. The topological polar surface area (TPSA) is 47.6 Å². The van der Waals surface area contributed by atoms with Crippen LogP contribution in [0.25, 0.3) is 0 Å². The van der Waals surface area contributed by atoms with Crippen LogP contribution in [0, 0.1) is 5.92 Å². The van der Waals surface area contributed by atoms with E-state index >= 15 is 0 Å². The van der Waals surface area contributed by atoms with Gasteiger partial charge in [-0.15, -0.1) is 0 Å². The van der Waals surface area contributed by atoms with Crippen molar-refractivity contribution in [2.75, 3.05) is 20.3 Å². The molecule has 0 aromatic carbocycles. The molecule has 0 bridgehead atoms. The Bertz CT molecular complexity index is 249. The normalized spacial score (nSPS) is 21.2. The highest BCUT2D eigenvalue weighted by Crippen LogP contribution is 2.32. The smallest absolute Gasteiger partial charge is 0.322 e. The summed E-state index contributed by atoms with van der Waals surface area (Å²) in [5, 5.41) is 3.30. The predicted octanol–water partition coefficient (Wildman–Crippen LogP) is 1.49. The fourth-order valence-electron chi connectivity index (χ4n) is 1.91. The van der Waals surface area contributed by atoms with E-state index in [9.17, 15) is 4.79 Å². The van der Waals surface area contributed by atoms with Crippen LogP contribution in [0.2, 0.25) is 0 Å². The zero-order valence-electron chi connectivity index (χ0n) is 10.6. The number of carbonyl (C=O) groups is 1. The van der Waals surface area contributed by atoms with E-state index in [1.165, 1.54) is 39.2 Å². The molecule has 0 aromatic rings. The van der Waals surface area contributed by atoms with Crippen LogP contribution in [0.1, 0.15) is 38.5 Å². The van der Waals surface area contributed by atoms with Gasteiger partial charge in [0.25, 0.3) is 0 Å². The second-order valence-corrected chi connectivity index (χ2v) is 5.15. The second kappa shape index (κ2) is 6.36. The molecular formula is C13H23NO3. The summed E-state index contributed by atoms with van der Waals surface area (Å²) in [6.07, 6.45) is 6.99. The van der Waals surface area contributed by atoms with Crippen molar-refractivity contribution in [2.24, 2.45) is 5.92 Å². The molecule has 1 atom stereocenters. The molecule has 0 saturated heterocycles. The van der Waals surface area contributed by atoms with E-state index in [2.05, 4.69) is 5.32 Å². The zero-order valence-corrected chi connectivity index (χ0v) is 10.6. The predicted molar refractivity (Wildman–Crippen MR) is 64.7 cm³/mol. The second-order valence-electron chi connectivity index (χ2n) is 5.15. The number of hydrogen-bond acceptors (Lipinski definition) is 4. The van der Waals surface area contributed by atoms with Crippen LogP contribution in [-0.2, 0) is 14.3 Å². The van der Waals surface area contributed by atoms with Gasteiger partial charge in [-0.3, -0.25) is 4.79 Å². The quantitative estimate of drug-likeness (QED) is 0.491. The van der Waals surface area contributed by atoms with Gasteiger partial charge in [0, 0.05) is 19.3 Å². The van der Waals surface area contributed by atoms with Crippen molar-refractivity contribution in [1.82, 2.24) is 5.32 Å². The summed E-state index contributed by atoms with van der Waals surface area (Å²) in [5.74, 6) is 0.749. The summed E-state index contributed by atoms with van der Waals surface area (Å²) < 4.78 is 10.4. The number of carbonyl (C=O) groups excluding carboxylic acids is 1. The van der Waals surface area contributed by atoms with E-state index in [4.69, 9.17) is 9.47 Å². The SMILES string of the molecule is COC(=O)C(CCOCCC1CC1)NC1CC1. The lowest BCUT2D eigenvalue weighted by Crippen LogP contribution is -2.39. The average molecular weight is 241 g/mol. The molecule has 0 spiro atoms. The van der Waals surface area contributed by atoms with Crippen molar-refractivity contribution in [1.29, 1.82) is 0 Å².